The molecule has 6 nitrogen and oxygen atoms in total. The fraction of sp³-hybridized carbons (Fsp3) is 0.143. The van der Waals surface area contributed by atoms with Crippen molar-refractivity contribution in [3.8, 4) is 0 Å². The highest BCUT2D eigenvalue weighted by atomic mass is 79.9. The Morgan fingerprint density at radius 3 is 3.05 bits per heavy atom. The second kappa shape index (κ2) is 7.90. The van der Waals surface area contributed by atoms with Crippen LogP contribution in [0.15, 0.2) is 49.9 Å². The van der Waals surface area contributed by atoms with Crippen molar-refractivity contribution >= 4 is 39.8 Å². The Bertz CT molecular complexity index is 761. The first kappa shape index (κ1) is 16.4. The standard InChI is InChI=1S/C14H13BrN4O2S/c1-2-22-14-17-11(7-12(20)18-14)13(21)19-16-8-9-4-3-5-10(15)6-9/h3-8H,2H2,1H3,(H,19,21)(H,17,18,20). The number of halogens is 1. The molecule has 0 fully saturated rings. The van der Waals surface area contributed by atoms with Gasteiger partial charge in [0.1, 0.15) is 5.69 Å². The molecule has 1 aromatic carbocycles. The van der Waals surface area contributed by atoms with Gasteiger partial charge in [-0.05, 0) is 23.4 Å². The topological polar surface area (TPSA) is 87.2 Å². The van der Waals surface area contributed by atoms with Crippen molar-refractivity contribution in [2.24, 2.45) is 5.10 Å². The number of H-pyrrole nitrogens is 1. The van der Waals surface area contributed by atoms with Crippen molar-refractivity contribution in [1.82, 2.24) is 15.4 Å². The van der Waals surface area contributed by atoms with Gasteiger partial charge in [-0.2, -0.15) is 5.10 Å². The summed E-state index contributed by atoms with van der Waals surface area (Å²) in [6.45, 7) is 1.93. The van der Waals surface area contributed by atoms with Crippen LogP contribution in [0.3, 0.4) is 0 Å². The van der Waals surface area contributed by atoms with Crippen molar-refractivity contribution in [2.75, 3.05) is 5.75 Å². The lowest BCUT2D eigenvalue weighted by molar-refractivity contribution is 0.0949. The smallest absolute Gasteiger partial charge is 0.290 e. The molecule has 1 aromatic heterocycles. The maximum atomic E-state index is 12.0. The first-order valence-electron chi connectivity index (χ1n) is 6.41. The Kier molecular flexibility index (Phi) is 5.91. The summed E-state index contributed by atoms with van der Waals surface area (Å²) in [5.41, 5.74) is 2.85. The molecule has 0 radical (unpaired) electrons. The Hall–Kier alpha value is -1.93. The molecule has 0 aliphatic heterocycles. The quantitative estimate of drug-likeness (QED) is 0.360. The lowest BCUT2D eigenvalue weighted by Gasteiger charge is -2.01. The van der Waals surface area contributed by atoms with Gasteiger partial charge < -0.3 is 4.98 Å². The van der Waals surface area contributed by atoms with Crippen molar-refractivity contribution < 1.29 is 4.79 Å². The number of benzene rings is 1. The molecular weight excluding hydrogens is 368 g/mol. The van der Waals surface area contributed by atoms with Crippen LogP contribution in [0.2, 0.25) is 0 Å². The third-order valence-corrected chi connectivity index (χ3v) is 3.71. The molecule has 2 N–H and O–H groups in total. The van der Waals surface area contributed by atoms with E-state index in [1.54, 1.807) is 0 Å². The van der Waals surface area contributed by atoms with Crippen LogP contribution in [0.4, 0.5) is 0 Å². The van der Waals surface area contributed by atoms with Crippen molar-refractivity contribution in [3.05, 3.63) is 56.4 Å². The number of aromatic amines is 1. The summed E-state index contributed by atoms with van der Waals surface area (Å²) in [5, 5.41) is 4.27. The largest absolute Gasteiger partial charge is 0.301 e. The van der Waals surface area contributed by atoms with Crippen LogP contribution in [0, 0.1) is 0 Å². The summed E-state index contributed by atoms with van der Waals surface area (Å²) in [6.07, 6.45) is 1.51. The second-order valence-corrected chi connectivity index (χ2v) is 6.29. The van der Waals surface area contributed by atoms with Gasteiger partial charge in [0, 0.05) is 10.5 Å². The first-order valence-corrected chi connectivity index (χ1v) is 8.19. The average molecular weight is 381 g/mol. The normalized spacial score (nSPS) is 10.8. The molecule has 0 unspecified atom stereocenters. The van der Waals surface area contributed by atoms with Crippen LogP contribution in [0.25, 0.3) is 0 Å². The van der Waals surface area contributed by atoms with Gasteiger partial charge in [0.05, 0.1) is 6.21 Å². The summed E-state index contributed by atoms with van der Waals surface area (Å²) in [5.74, 6) is 0.213. The third kappa shape index (κ3) is 4.81. The molecule has 0 aliphatic carbocycles. The van der Waals surface area contributed by atoms with Crippen molar-refractivity contribution in [1.29, 1.82) is 0 Å². The maximum Gasteiger partial charge on any atom is 0.290 e. The van der Waals surface area contributed by atoms with Gasteiger partial charge in [0.2, 0.25) is 0 Å². The molecule has 114 valence electrons. The Morgan fingerprint density at radius 2 is 2.32 bits per heavy atom. The molecule has 0 saturated heterocycles. The number of amides is 1. The summed E-state index contributed by atoms with van der Waals surface area (Å²) < 4.78 is 0.917. The molecule has 1 amide bonds. The highest BCUT2D eigenvalue weighted by Gasteiger charge is 2.09. The van der Waals surface area contributed by atoms with E-state index in [0.717, 1.165) is 21.9 Å². The van der Waals surface area contributed by atoms with Crippen LogP contribution in [-0.4, -0.2) is 27.8 Å². The highest BCUT2D eigenvalue weighted by Crippen LogP contribution is 2.10. The molecule has 0 spiro atoms. The first-order chi connectivity index (χ1) is 10.6. The Balaban J connectivity index is 2.07. The van der Waals surface area contributed by atoms with E-state index >= 15 is 0 Å². The van der Waals surface area contributed by atoms with Gasteiger partial charge in [0.25, 0.3) is 11.5 Å². The van der Waals surface area contributed by atoms with Crippen LogP contribution in [0.1, 0.15) is 23.0 Å². The minimum absolute atomic E-state index is 0.0334. The van der Waals surface area contributed by atoms with Gasteiger partial charge >= 0.3 is 0 Å². The molecule has 0 saturated carbocycles. The summed E-state index contributed by atoms with van der Waals surface area (Å²) >= 11 is 4.70. The summed E-state index contributed by atoms with van der Waals surface area (Å²) in [7, 11) is 0. The molecule has 8 heteroatoms. The number of hydrogen-bond donors (Lipinski definition) is 2. The SMILES string of the molecule is CCSc1nc(C(=O)NN=Cc2cccc(Br)c2)cc(=O)[nH]1. The van der Waals surface area contributed by atoms with Gasteiger partial charge in [-0.15, -0.1) is 0 Å². The lowest BCUT2D eigenvalue weighted by atomic mass is 10.2. The second-order valence-electron chi connectivity index (χ2n) is 4.12. The van der Waals surface area contributed by atoms with Gasteiger partial charge in [-0.1, -0.05) is 46.7 Å². The van der Waals surface area contributed by atoms with Crippen molar-refractivity contribution in [3.63, 3.8) is 0 Å². The molecule has 2 rings (SSSR count). The van der Waals surface area contributed by atoms with Gasteiger partial charge in [-0.25, -0.2) is 10.4 Å². The predicted octanol–water partition coefficient (Wildman–Crippen LogP) is 2.41. The van der Waals surface area contributed by atoms with Gasteiger partial charge in [0.15, 0.2) is 5.16 Å². The van der Waals surface area contributed by atoms with Crippen LogP contribution >= 0.6 is 27.7 Å². The zero-order valence-corrected chi connectivity index (χ0v) is 14.1. The number of nitrogens with one attached hydrogen (secondary N) is 2. The minimum atomic E-state index is -0.532. The number of rotatable bonds is 5. The van der Waals surface area contributed by atoms with Crippen LogP contribution < -0.4 is 11.0 Å². The highest BCUT2D eigenvalue weighted by molar-refractivity contribution is 9.10. The van der Waals surface area contributed by atoms with E-state index in [0.29, 0.717) is 5.16 Å². The van der Waals surface area contributed by atoms with E-state index in [2.05, 4.69) is 36.4 Å². The number of aromatic nitrogens is 2. The molecular formula is C14H13BrN4O2S. The predicted molar refractivity (Wildman–Crippen MR) is 90.5 cm³/mol. The van der Waals surface area contributed by atoms with E-state index < -0.39 is 5.91 Å². The maximum absolute atomic E-state index is 12.0. The lowest BCUT2D eigenvalue weighted by Crippen LogP contribution is -2.22. The molecule has 22 heavy (non-hydrogen) atoms. The molecule has 1 heterocycles. The van der Waals surface area contributed by atoms with Gasteiger partial charge in [-0.3, -0.25) is 9.59 Å². The zero-order chi connectivity index (χ0) is 15.9. The number of nitrogens with zero attached hydrogens (tertiary/aromatic N) is 2. The van der Waals surface area contributed by atoms with E-state index in [1.165, 1.54) is 18.0 Å². The van der Waals surface area contributed by atoms with Crippen LogP contribution in [-0.2, 0) is 0 Å². The fourth-order valence-electron chi connectivity index (χ4n) is 1.57. The molecule has 0 bridgehead atoms. The number of hydrogen-bond acceptors (Lipinski definition) is 5. The number of hydrazone groups is 1. The monoisotopic (exact) mass is 380 g/mol. The Morgan fingerprint density at radius 1 is 1.50 bits per heavy atom. The number of carbonyl (C=O) groups excluding carboxylic acids is 1. The minimum Gasteiger partial charge on any atom is -0.301 e. The molecule has 0 atom stereocenters. The average Bonchev–Trinajstić information content (AvgIpc) is 2.47. The number of carbonyl (C=O) groups is 1. The Labute approximate surface area is 139 Å². The zero-order valence-electron chi connectivity index (χ0n) is 11.7. The summed E-state index contributed by atoms with van der Waals surface area (Å²) in [6, 6.07) is 8.60. The van der Waals surface area contributed by atoms with E-state index in [4.69, 9.17) is 0 Å². The van der Waals surface area contributed by atoms with Crippen LogP contribution in [0.5, 0.6) is 0 Å². The van der Waals surface area contributed by atoms with Crippen molar-refractivity contribution in [2.45, 2.75) is 12.1 Å². The van der Waals surface area contributed by atoms with E-state index in [-0.39, 0.29) is 11.3 Å². The van der Waals surface area contributed by atoms with E-state index in [1.807, 2.05) is 31.2 Å². The fourth-order valence-corrected chi connectivity index (χ4v) is 2.59. The third-order valence-electron chi connectivity index (χ3n) is 2.46. The molecule has 2 aromatic rings. The molecule has 0 aliphatic rings. The summed E-state index contributed by atoms with van der Waals surface area (Å²) in [4.78, 5) is 30.1. The number of thioether (sulfide) groups is 1. The van der Waals surface area contributed by atoms with E-state index in [9.17, 15) is 9.59 Å².